The zero-order valence-corrected chi connectivity index (χ0v) is 12.1. The first kappa shape index (κ1) is 14.3. The number of nitrogens with one attached hydrogen (secondary N) is 1. The summed E-state index contributed by atoms with van der Waals surface area (Å²) >= 11 is 0. The van der Waals surface area contributed by atoms with Gasteiger partial charge in [0.25, 0.3) is 0 Å². The Balaban J connectivity index is 1.53. The third-order valence-corrected chi connectivity index (χ3v) is 3.66. The van der Waals surface area contributed by atoms with Crippen molar-refractivity contribution in [1.29, 1.82) is 0 Å². The lowest BCUT2D eigenvalue weighted by Gasteiger charge is -2.07. The highest BCUT2D eigenvalue weighted by Gasteiger charge is 2.04. The molecule has 4 heteroatoms. The highest BCUT2D eigenvalue weighted by molar-refractivity contribution is 5.80. The summed E-state index contributed by atoms with van der Waals surface area (Å²) in [5, 5.41) is 4.03. The number of rotatable bonds is 5. The number of carbonyl (C=O) groups excluding carboxylic acids is 1. The van der Waals surface area contributed by atoms with Gasteiger partial charge in [0.2, 0.25) is 5.91 Å². The number of nitrogens with zero attached hydrogens (tertiary/aromatic N) is 1. The van der Waals surface area contributed by atoms with E-state index in [1.54, 1.807) is 12.1 Å². The van der Waals surface area contributed by atoms with E-state index in [-0.39, 0.29) is 11.7 Å². The normalized spacial score (nSPS) is 10.8. The molecular formula is C18H17FN2O. The zero-order valence-electron chi connectivity index (χ0n) is 12.1. The quantitative estimate of drug-likeness (QED) is 0.768. The van der Waals surface area contributed by atoms with E-state index in [1.165, 1.54) is 17.5 Å². The molecule has 1 heterocycles. The van der Waals surface area contributed by atoms with Crippen molar-refractivity contribution in [2.75, 3.05) is 0 Å². The van der Waals surface area contributed by atoms with Crippen LogP contribution in [0.1, 0.15) is 12.0 Å². The van der Waals surface area contributed by atoms with E-state index in [0.717, 1.165) is 11.1 Å². The summed E-state index contributed by atoms with van der Waals surface area (Å²) in [4.78, 5) is 11.9. The Morgan fingerprint density at radius 3 is 2.64 bits per heavy atom. The van der Waals surface area contributed by atoms with Crippen molar-refractivity contribution in [3.05, 3.63) is 72.2 Å². The molecule has 0 aliphatic heterocycles. The van der Waals surface area contributed by atoms with Crippen molar-refractivity contribution in [3.63, 3.8) is 0 Å². The number of para-hydroxylation sites is 1. The van der Waals surface area contributed by atoms with E-state index in [4.69, 9.17) is 0 Å². The van der Waals surface area contributed by atoms with Crippen LogP contribution in [-0.2, 0) is 17.9 Å². The molecule has 0 bridgehead atoms. The zero-order chi connectivity index (χ0) is 15.4. The Kier molecular flexibility index (Phi) is 4.19. The molecule has 112 valence electrons. The molecule has 0 aliphatic carbocycles. The Bertz CT molecular complexity index is 777. The molecule has 22 heavy (non-hydrogen) atoms. The van der Waals surface area contributed by atoms with E-state index >= 15 is 0 Å². The van der Waals surface area contributed by atoms with Gasteiger partial charge in [-0.3, -0.25) is 4.79 Å². The van der Waals surface area contributed by atoms with Gasteiger partial charge < -0.3 is 9.88 Å². The van der Waals surface area contributed by atoms with Gasteiger partial charge in [0.05, 0.1) is 0 Å². The van der Waals surface area contributed by atoms with E-state index < -0.39 is 0 Å². The van der Waals surface area contributed by atoms with Crippen molar-refractivity contribution in [3.8, 4) is 0 Å². The number of hydrogen-bond donors (Lipinski definition) is 1. The number of aryl methyl sites for hydroxylation is 1. The Morgan fingerprint density at radius 1 is 1.05 bits per heavy atom. The molecule has 1 amide bonds. The van der Waals surface area contributed by atoms with Crippen LogP contribution in [0.25, 0.3) is 10.9 Å². The lowest BCUT2D eigenvalue weighted by Crippen LogP contribution is -2.23. The van der Waals surface area contributed by atoms with Crippen LogP contribution in [0, 0.1) is 5.82 Å². The summed E-state index contributed by atoms with van der Waals surface area (Å²) < 4.78 is 14.9. The average molecular weight is 296 g/mol. The summed E-state index contributed by atoms with van der Waals surface area (Å²) in [7, 11) is 0. The second-order valence-electron chi connectivity index (χ2n) is 5.22. The van der Waals surface area contributed by atoms with Gasteiger partial charge in [0.1, 0.15) is 5.82 Å². The molecule has 1 aromatic heterocycles. The highest BCUT2D eigenvalue weighted by atomic mass is 19.1. The largest absolute Gasteiger partial charge is 0.352 e. The Morgan fingerprint density at radius 2 is 1.82 bits per heavy atom. The maximum atomic E-state index is 12.8. The van der Waals surface area contributed by atoms with Crippen LogP contribution >= 0.6 is 0 Å². The van der Waals surface area contributed by atoms with Crippen molar-refractivity contribution >= 4 is 16.8 Å². The fraction of sp³-hybridized carbons (Fsp3) is 0.167. The van der Waals surface area contributed by atoms with Gasteiger partial charge in [-0.15, -0.1) is 0 Å². The molecule has 3 aromatic rings. The van der Waals surface area contributed by atoms with Crippen LogP contribution in [0.4, 0.5) is 4.39 Å². The second-order valence-corrected chi connectivity index (χ2v) is 5.22. The van der Waals surface area contributed by atoms with Gasteiger partial charge in [-0.25, -0.2) is 4.39 Å². The Hall–Kier alpha value is -2.62. The van der Waals surface area contributed by atoms with E-state index in [2.05, 4.69) is 16.0 Å². The van der Waals surface area contributed by atoms with Gasteiger partial charge in [-0.2, -0.15) is 0 Å². The second kappa shape index (κ2) is 6.43. The topological polar surface area (TPSA) is 34.0 Å². The molecule has 0 radical (unpaired) electrons. The first-order valence-electron chi connectivity index (χ1n) is 7.27. The maximum Gasteiger partial charge on any atom is 0.222 e. The third kappa shape index (κ3) is 3.34. The van der Waals surface area contributed by atoms with E-state index in [0.29, 0.717) is 19.5 Å². The third-order valence-electron chi connectivity index (χ3n) is 3.66. The molecule has 0 unspecified atom stereocenters. The van der Waals surface area contributed by atoms with Crippen molar-refractivity contribution in [2.24, 2.45) is 0 Å². The molecule has 1 N–H and O–H groups in total. The van der Waals surface area contributed by atoms with Gasteiger partial charge in [0.15, 0.2) is 0 Å². The number of hydrogen-bond acceptors (Lipinski definition) is 1. The minimum Gasteiger partial charge on any atom is -0.352 e. The summed E-state index contributed by atoms with van der Waals surface area (Å²) in [5.74, 6) is -0.281. The molecule has 0 saturated carbocycles. The van der Waals surface area contributed by atoms with E-state index in [9.17, 15) is 9.18 Å². The van der Waals surface area contributed by atoms with Crippen molar-refractivity contribution < 1.29 is 9.18 Å². The molecule has 3 rings (SSSR count). The summed E-state index contributed by atoms with van der Waals surface area (Å²) in [5.41, 5.74) is 2.02. The molecule has 0 aliphatic rings. The number of benzene rings is 2. The molecule has 0 saturated heterocycles. The number of aromatic nitrogens is 1. The predicted octanol–water partition coefficient (Wildman–Crippen LogP) is 3.49. The number of fused-ring (bicyclic) bond motifs is 1. The minimum absolute atomic E-state index is 0.0119. The number of amides is 1. The van der Waals surface area contributed by atoms with Crippen LogP contribution in [0.5, 0.6) is 0 Å². The maximum absolute atomic E-state index is 12.8. The van der Waals surface area contributed by atoms with Gasteiger partial charge in [-0.1, -0.05) is 30.3 Å². The lowest BCUT2D eigenvalue weighted by molar-refractivity contribution is -0.121. The predicted molar refractivity (Wildman–Crippen MR) is 84.8 cm³/mol. The smallest absolute Gasteiger partial charge is 0.222 e. The molecule has 2 aromatic carbocycles. The van der Waals surface area contributed by atoms with Gasteiger partial charge in [-0.05, 0) is 35.2 Å². The molecule has 0 fully saturated rings. The van der Waals surface area contributed by atoms with Crippen LogP contribution < -0.4 is 5.32 Å². The average Bonchev–Trinajstić information content (AvgIpc) is 2.96. The highest BCUT2D eigenvalue weighted by Crippen LogP contribution is 2.15. The minimum atomic E-state index is -0.269. The van der Waals surface area contributed by atoms with Gasteiger partial charge >= 0.3 is 0 Å². The number of carbonyl (C=O) groups is 1. The number of halogens is 1. The molecule has 0 spiro atoms. The molecule has 3 nitrogen and oxygen atoms in total. The van der Waals surface area contributed by atoms with Crippen LogP contribution in [-0.4, -0.2) is 10.5 Å². The van der Waals surface area contributed by atoms with Crippen molar-refractivity contribution in [2.45, 2.75) is 19.5 Å². The molecule has 0 atom stereocenters. The first-order valence-corrected chi connectivity index (χ1v) is 7.27. The van der Waals surface area contributed by atoms with Crippen LogP contribution in [0.15, 0.2) is 60.8 Å². The summed E-state index contributed by atoms with van der Waals surface area (Å²) in [6.45, 7) is 1.06. The fourth-order valence-corrected chi connectivity index (χ4v) is 2.45. The van der Waals surface area contributed by atoms with Crippen LogP contribution in [0.2, 0.25) is 0 Å². The van der Waals surface area contributed by atoms with Crippen molar-refractivity contribution in [1.82, 2.24) is 9.88 Å². The fourth-order valence-electron chi connectivity index (χ4n) is 2.45. The SMILES string of the molecule is O=C(CCn1ccc2ccccc21)NCc1ccc(F)cc1. The van der Waals surface area contributed by atoms with E-state index in [1.807, 2.05) is 30.5 Å². The first-order chi connectivity index (χ1) is 10.7. The monoisotopic (exact) mass is 296 g/mol. The summed E-state index contributed by atoms with van der Waals surface area (Å²) in [6, 6.07) is 16.3. The standard InChI is InChI=1S/C18H17FN2O/c19-16-7-5-14(6-8-16)13-20-18(22)10-12-21-11-9-15-3-1-2-4-17(15)21/h1-9,11H,10,12-13H2,(H,20,22). The van der Waals surface area contributed by atoms with Crippen LogP contribution in [0.3, 0.4) is 0 Å². The van der Waals surface area contributed by atoms with Gasteiger partial charge in [0, 0.05) is 31.2 Å². The molecular weight excluding hydrogens is 279 g/mol. The lowest BCUT2D eigenvalue weighted by atomic mass is 10.2. The Labute approximate surface area is 128 Å². The summed E-state index contributed by atoms with van der Waals surface area (Å²) in [6.07, 6.45) is 2.41.